The van der Waals surface area contributed by atoms with Gasteiger partial charge in [0.05, 0.1) is 29.7 Å². The SMILES string of the molecule is COc1cc(C=CC(=O)c2c(C)nn(-c3ccccc3)c2C)c(Br)cc1O. The summed E-state index contributed by atoms with van der Waals surface area (Å²) in [5.41, 5.74) is 3.68. The predicted molar refractivity (Wildman–Crippen MR) is 109 cm³/mol. The molecule has 0 saturated carbocycles. The molecule has 6 heteroatoms. The smallest absolute Gasteiger partial charge is 0.189 e. The molecule has 0 atom stereocenters. The molecule has 5 nitrogen and oxygen atoms in total. The second-order valence-electron chi connectivity index (χ2n) is 6.04. The van der Waals surface area contributed by atoms with Crippen molar-refractivity contribution in [2.24, 2.45) is 0 Å². The number of allylic oxidation sites excluding steroid dienone is 1. The van der Waals surface area contributed by atoms with E-state index < -0.39 is 0 Å². The van der Waals surface area contributed by atoms with E-state index >= 15 is 0 Å². The van der Waals surface area contributed by atoms with Crippen molar-refractivity contribution in [2.45, 2.75) is 13.8 Å². The summed E-state index contributed by atoms with van der Waals surface area (Å²) < 4.78 is 7.56. The number of aromatic nitrogens is 2. The molecule has 0 aliphatic rings. The highest BCUT2D eigenvalue weighted by Crippen LogP contribution is 2.33. The van der Waals surface area contributed by atoms with Gasteiger partial charge in [-0.1, -0.05) is 34.1 Å². The molecule has 1 aromatic heterocycles. The molecular formula is C21H19BrN2O3. The number of phenolic OH excluding ortho intramolecular Hbond substituents is 1. The molecule has 0 bridgehead atoms. The molecule has 27 heavy (non-hydrogen) atoms. The van der Waals surface area contributed by atoms with E-state index in [9.17, 15) is 9.90 Å². The van der Waals surface area contributed by atoms with Crippen LogP contribution >= 0.6 is 15.9 Å². The molecule has 3 aromatic rings. The largest absolute Gasteiger partial charge is 0.504 e. The molecule has 0 aliphatic heterocycles. The summed E-state index contributed by atoms with van der Waals surface area (Å²) in [6.07, 6.45) is 3.19. The van der Waals surface area contributed by atoms with E-state index in [2.05, 4.69) is 21.0 Å². The molecule has 0 amide bonds. The molecule has 2 aromatic carbocycles. The number of phenols is 1. The third kappa shape index (κ3) is 3.80. The quantitative estimate of drug-likeness (QED) is 0.467. The van der Waals surface area contributed by atoms with Gasteiger partial charge in [-0.05, 0) is 55.8 Å². The van der Waals surface area contributed by atoms with Gasteiger partial charge in [0, 0.05) is 4.47 Å². The molecule has 0 saturated heterocycles. The molecule has 0 spiro atoms. The van der Waals surface area contributed by atoms with Gasteiger partial charge in [0.25, 0.3) is 0 Å². The van der Waals surface area contributed by atoms with E-state index in [1.807, 2.05) is 44.2 Å². The first kappa shape index (κ1) is 18.9. The standard InChI is InChI=1S/C21H19BrN2O3/c1-13-21(14(2)24(23-13)16-7-5-4-6-8-16)18(25)10-9-15-11-20(27-3)19(26)12-17(15)22/h4-12,26H,1-3H3. The number of carbonyl (C=O) groups is 1. The van der Waals surface area contributed by atoms with Gasteiger partial charge in [0.15, 0.2) is 17.3 Å². The van der Waals surface area contributed by atoms with Gasteiger partial charge in [0.2, 0.25) is 0 Å². The second kappa shape index (κ2) is 7.80. The Balaban J connectivity index is 1.94. The second-order valence-corrected chi connectivity index (χ2v) is 6.89. The number of methoxy groups -OCH3 is 1. The minimum absolute atomic E-state index is 0.0312. The number of nitrogens with zero attached hydrogens (tertiary/aromatic N) is 2. The van der Waals surface area contributed by atoms with Crippen LogP contribution in [0.15, 0.2) is 53.0 Å². The van der Waals surface area contributed by atoms with Crippen molar-refractivity contribution >= 4 is 27.8 Å². The van der Waals surface area contributed by atoms with Crippen LogP contribution in [0.5, 0.6) is 11.5 Å². The summed E-state index contributed by atoms with van der Waals surface area (Å²) in [5.74, 6) is 0.240. The fourth-order valence-corrected chi connectivity index (χ4v) is 3.38. The number of rotatable bonds is 5. The molecule has 0 radical (unpaired) electrons. The summed E-state index contributed by atoms with van der Waals surface area (Å²) in [6.45, 7) is 3.71. The summed E-state index contributed by atoms with van der Waals surface area (Å²) in [4.78, 5) is 12.8. The number of hydrogen-bond donors (Lipinski definition) is 1. The first-order chi connectivity index (χ1) is 12.9. The van der Waals surface area contributed by atoms with E-state index in [0.717, 1.165) is 16.9 Å². The number of ether oxygens (including phenoxy) is 1. The lowest BCUT2D eigenvalue weighted by Crippen LogP contribution is -2.01. The van der Waals surface area contributed by atoms with Crippen molar-refractivity contribution in [1.29, 1.82) is 0 Å². The van der Waals surface area contributed by atoms with Gasteiger partial charge in [-0.3, -0.25) is 4.79 Å². The Bertz CT molecular complexity index is 1020. The summed E-state index contributed by atoms with van der Waals surface area (Å²) in [6, 6.07) is 12.9. The zero-order valence-corrected chi connectivity index (χ0v) is 16.8. The number of aryl methyl sites for hydroxylation is 1. The Hall–Kier alpha value is -2.86. The van der Waals surface area contributed by atoms with Crippen LogP contribution in [-0.2, 0) is 0 Å². The van der Waals surface area contributed by atoms with Crippen molar-refractivity contribution in [3.05, 3.63) is 75.5 Å². The Labute approximate surface area is 166 Å². The topological polar surface area (TPSA) is 64.3 Å². The third-order valence-electron chi connectivity index (χ3n) is 4.25. The van der Waals surface area contributed by atoms with E-state index in [4.69, 9.17) is 4.74 Å². The molecule has 0 unspecified atom stereocenters. The maximum atomic E-state index is 12.8. The maximum absolute atomic E-state index is 12.8. The van der Waals surface area contributed by atoms with Crippen molar-refractivity contribution in [2.75, 3.05) is 7.11 Å². The number of hydrogen-bond acceptors (Lipinski definition) is 4. The monoisotopic (exact) mass is 426 g/mol. The molecule has 0 fully saturated rings. The number of ketones is 1. The average Bonchev–Trinajstić information content (AvgIpc) is 2.96. The van der Waals surface area contributed by atoms with Crippen LogP contribution in [0.25, 0.3) is 11.8 Å². The number of para-hydroxylation sites is 1. The summed E-state index contributed by atoms with van der Waals surface area (Å²) >= 11 is 3.39. The van der Waals surface area contributed by atoms with Crippen molar-refractivity contribution < 1.29 is 14.6 Å². The zero-order chi connectivity index (χ0) is 19.6. The van der Waals surface area contributed by atoms with Gasteiger partial charge in [-0.15, -0.1) is 0 Å². The van der Waals surface area contributed by atoms with Gasteiger partial charge in [-0.2, -0.15) is 5.10 Å². The van der Waals surface area contributed by atoms with Gasteiger partial charge < -0.3 is 9.84 Å². The van der Waals surface area contributed by atoms with Gasteiger partial charge >= 0.3 is 0 Å². The molecule has 3 rings (SSSR count). The number of aromatic hydroxyl groups is 1. The Morgan fingerprint density at radius 3 is 2.59 bits per heavy atom. The Morgan fingerprint density at radius 2 is 1.93 bits per heavy atom. The van der Waals surface area contributed by atoms with Crippen molar-refractivity contribution in [3.63, 3.8) is 0 Å². The number of halogens is 1. The summed E-state index contributed by atoms with van der Waals surface area (Å²) in [5, 5.41) is 14.3. The van der Waals surface area contributed by atoms with Crippen LogP contribution in [0.2, 0.25) is 0 Å². The maximum Gasteiger partial charge on any atom is 0.189 e. The van der Waals surface area contributed by atoms with E-state index in [-0.39, 0.29) is 11.5 Å². The fraction of sp³-hybridized carbons (Fsp3) is 0.143. The first-order valence-corrected chi connectivity index (χ1v) is 9.12. The normalized spacial score (nSPS) is 11.1. The van der Waals surface area contributed by atoms with Gasteiger partial charge in [0.1, 0.15) is 0 Å². The van der Waals surface area contributed by atoms with Crippen LogP contribution in [0.3, 0.4) is 0 Å². The highest BCUT2D eigenvalue weighted by atomic mass is 79.9. The average molecular weight is 427 g/mol. The van der Waals surface area contributed by atoms with Gasteiger partial charge in [-0.25, -0.2) is 4.68 Å². The molecule has 1 N–H and O–H groups in total. The Kier molecular flexibility index (Phi) is 5.46. The molecule has 1 heterocycles. The lowest BCUT2D eigenvalue weighted by Gasteiger charge is -2.06. The zero-order valence-electron chi connectivity index (χ0n) is 15.2. The minimum atomic E-state index is -0.133. The first-order valence-electron chi connectivity index (χ1n) is 8.33. The lowest BCUT2D eigenvalue weighted by molar-refractivity contribution is 0.104. The van der Waals surface area contributed by atoms with E-state index in [1.54, 1.807) is 16.8 Å². The minimum Gasteiger partial charge on any atom is -0.504 e. The van der Waals surface area contributed by atoms with Crippen molar-refractivity contribution in [1.82, 2.24) is 9.78 Å². The lowest BCUT2D eigenvalue weighted by atomic mass is 10.1. The Morgan fingerprint density at radius 1 is 1.22 bits per heavy atom. The van der Waals surface area contributed by atoms with Crippen LogP contribution in [-0.4, -0.2) is 27.8 Å². The molecule has 138 valence electrons. The van der Waals surface area contributed by atoms with Crippen LogP contribution in [0.1, 0.15) is 27.3 Å². The molecule has 0 aliphatic carbocycles. The number of benzene rings is 2. The number of carbonyl (C=O) groups excluding carboxylic acids is 1. The van der Waals surface area contributed by atoms with Crippen LogP contribution < -0.4 is 4.74 Å². The van der Waals surface area contributed by atoms with E-state index in [0.29, 0.717) is 21.5 Å². The third-order valence-corrected chi connectivity index (χ3v) is 4.94. The predicted octanol–water partition coefficient (Wildman–Crippen LogP) is 4.86. The van der Waals surface area contributed by atoms with Crippen LogP contribution in [0, 0.1) is 13.8 Å². The van der Waals surface area contributed by atoms with Crippen molar-refractivity contribution in [3.8, 4) is 17.2 Å². The van der Waals surface area contributed by atoms with E-state index in [1.165, 1.54) is 19.3 Å². The highest BCUT2D eigenvalue weighted by Gasteiger charge is 2.17. The highest BCUT2D eigenvalue weighted by molar-refractivity contribution is 9.10. The molecular weight excluding hydrogens is 408 g/mol. The summed E-state index contributed by atoms with van der Waals surface area (Å²) in [7, 11) is 1.48. The fourth-order valence-electron chi connectivity index (χ4n) is 2.92. The van der Waals surface area contributed by atoms with Crippen LogP contribution in [0.4, 0.5) is 0 Å².